The van der Waals surface area contributed by atoms with Crippen LogP contribution in [0, 0.1) is 6.92 Å². The zero-order valence-electron chi connectivity index (χ0n) is 22.8. The van der Waals surface area contributed by atoms with Crippen molar-refractivity contribution in [2.24, 2.45) is 0 Å². The Kier molecular flexibility index (Phi) is 8.33. The van der Waals surface area contributed by atoms with Crippen LogP contribution in [0.5, 0.6) is 5.75 Å². The normalized spacial score (nSPS) is 16.1. The highest BCUT2D eigenvalue weighted by Gasteiger charge is 2.49. The Morgan fingerprint density at radius 1 is 1.05 bits per heavy atom. The summed E-state index contributed by atoms with van der Waals surface area (Å²) in [6, 6.07) is 24.5. The highest BCUT2D eigenvalue weighted by atomic mass is 35.5. The Morgan fingerprint density at radius 2 is 1.86 bits per heavy atom. The van der Waals surface area contributed by atoms with E-state index in [1.807, 2.05) is 55.5 Å². The Morgan fingerprint density at radius 3 is 2.60 bits per heavy atom. The SMILES string of the molecule is Cc1cccc(COc2ccc(/C(O)=C3\C(=O)C(=O)N(c4nnc(SCc5ccccc5Cl)s4)C3c3ccco3)cc2)c1. The number of Topliss-reactive ketones (excluding diaryl/α,β-unsaturated/α-hetero) is 1. The van der Waals surface area contributed by atoms with E-state index in [-0.39, 0.29) is 16.5 Å². The number of hydrogen-bond donors (Lipinski definition) is 1. The van der Waals surface area contributed by atoms with E-state index < -0.39 is 17.7 Å². The number of benzene rings is 3. The molecule has 43 heavy (non-hydrogen) atoms. The number of aromatic nitrogens is 2. The molecule has 1 atom stereocenters. The molecule has 1 aliphatic heterocycles. The Balaban J connectivity index is 1.26. The van der Waals surface area contributed by atoms with Crippen molar-refractivity contribution < 1.29 is 23.8 Å². The van der Waals surface area contributed by atoms with Gasteiger partial charge in [0.2, 0.25) is 5.13 Å². The molecule has 1 unspecified atom stereocenters. The van der Waals surface area contributed by atoms with Crippen LogP contribution in [0.25, 0.3) is 5.76 Å². The molecule has 0 aliphatic carbocycles. The second-order valence-electron chi connectivity index (χ2n) is 9.72. The Labute approximate surface area is 260 Å². The summed E-state index contributed by atoms with van der Waals surface area (Å²) in [6.07, 6.45) is 1.45. The number of amides is 1. The van der Waals surface area contributed by atoms with Crippen LogP contribution in [0.2, 0.25) is 5.02 Å². The number of aliphatic hydroxyl groups is 1. The van der Waals surface area contributed by atoms with Gasteiger partial charge in [-0.1, -0.05) is 82.7 Å². The lowest BCUT2D eigenvalue weighted by atomic mass is 9.99. The summed E-state index contributed by atoms with van der Waals surface area (Å²) < 4.78 is 12.1. The molecule has 1 saturated heterocycles. The standard InChI is InChI=1S/C32H24ClN3O5S2/c1-19-6-4-7-20(16-19)17-41-23-13-11-21(12-14-23)28(37)26-27(25-10-5-15-40-25)36(30(39)29(26)38)31-34-35-32(43-31)42-18-22-8-2-3-9-24(22)33/h2-16,27,37H,17-18H2,1H3/b28-26+. The number of carbonyl (C=O) groups excluding carboxylic acids is 2. The average Bonchev–Trinajstić information content (AvgIpc) is 3.76. The van der Waals surface area contributed by atoms with Crippen LogP contribution in [0.1, 0.15) is 34.1 Å². The van der Waals surface area contributed by atoms with Gasteiger partial charge >= 0.3 is 5.91 Å². The van der Waals surface area contributed by atoms with Gasteiger partial charge in [0.25, 0.3) is 5.78 Å². The van der Waals surface area contributed by atoms with Gasteiger partial charge in [-0.05, 0) is 60.5 Å². The first kappa shape index (κ1) is 28.7. The molecule has 3 heterocycles. The molecular weight excluding hydrogens is 606 g/mol. The van der Waals surface area contributed by atoms with Crippen LogP contribution in [0.15, 0.2) is 106 Å². The number of ketones is 1. The monoisotopic (exact) mass is 629 g/mol. The molecule has 0 bridgehead atoms. The second kappa shape index (κ2) is 12.5. The molecule has 0 radical (unpaired) electrons. The number of nitrogens with zero attached hydrogens (tertiary/aromatic N) is 3. The molecule has 1 amide bonds. The van der Waals surface area contributed by atoms with Crippen molar-refractivity contribution in [1.29, 1.82) is 0 Å². The van der Waals surface area contributed by atoms with E-state index in [1.165, 1.54) is 34.3 Å². The summed E-state index contributed by atoms with van der Waals surface area (Å²) in [7, 11) is 0. The number of rotatable bonds is 9. The number of anilines is 1. The van der Waals surface area contributed by atoms with Crippen LogP contribution in [-0.2, 0) is 21.9 Å². The lowest BCUT2D eigenvalue weighted by molar-refractivity contribution is -0.132. The van der Waals surface area contributed by atoms with E-state index in [1.54, 1.807) is 36.4 Å². The lowest BCUT2D eigenvalue weighted by Crippen LogP contribution is -2.29. The summed E-state index contributed by atoms with van der Waals surface area (Å²) in [4.78, 5) is 28.0. The number of aliphatic hydroxyl groups excluding tert-OH is 1. The molecule has 2 aromatic heterocycles. The van der Waals surface area contributed by atoms with Crippen LogP contribution >= 0.6 is 34.7 Å². The molecule has 1 N–H and O–H groups in total. The van der Waals surface area contributed by atoms with Gasteiger partial charge in [-0.15, -0.1) is 10.2 Å². The molecule has 8 nitrogen and oxygen atoms in total. The summed E-state index contributed by atoms with van der Waals surface area (Å²) in [5.41, 5.74) is 3.37. The van der Waals surface area contributed by atoms with Crippen molar-refractivity contribution in [1.82, 2.24) is 10.2 Å². The van der Waals surface area contributed by atoms with Crippen molar-refractivity contribution >= 4 is 57.3 Å². The highest BCUT2D eigenvalue weighted by molar-refractivity contribution is 8.00. The van der Waals surface area contributed by atoms with Gasteiger partial charge in [0.1, 0.15) is 29.9 Å². The van der Waals surface area contributed by atoms with E-state index in [0.717, 1.165) is 16.7 Å². The van der Waals surface area contributed by atoms with E-state index >= 15 is 0 Å². The van der Waals surface area contributed by atoms with Crippen molar-refractivity contribution in [2.45, 2.75) is 29.7 Å². The molecule has 0 spiro atoms. The summed E-state index contributed by atoms with van der Waals surface area (Å²) >= 11 is 8.86. The minimum atomic E-state index is -1.03. The number of hydrogen-bond acceptors (Lipinski definition) is 9. The maximum atomic E-state index is 13.4. The van der Waals surface area contributed by atoms with Crippen molar-refractivity contribution in [3.63, 3.8) is 0 Å². The van der Waals surface area contributed by atoms with Crippen molar-refractivity contribution in [3.05, 3.63) is 130 Å². The van der Waals surface area contributed by atoms with E-state index in [4.69, 9.17) is 20.8 Å². The predicted octanol–water partition coefficient (Wildman–Crippen LogP) is 7.59. The Bertz CT molecular complexity index is 1820. The Hall–Kier alpha value is -4.38. The number of ether oxygens (including phenoxy) is 1. The predicted molar refractivity (Wildman–Crippen MR) is 166 cm³/mol. The molecule has 1 aliphatic rings. The van der Waals surface area contributed by atoms with Crippen molar-refractivity contribution in [2.75, 3.05) is 4.90 Å². The van der Waals surface area contributed by atoms with Gasteiger partial charge in [-0.2, -0.15) is 0 Å². The van der Waals surface area contributed by atoms with Gasteiger partial charge in [-0.3, -0.25) is 14.5 Å². The van der Waals surface area contributed by atoms with Crippen LogP contribution in [0.4, 0.5) is 5.13 Å². The molecular formula is C32H24ClN3O5S2. The maximum absolute atomic E-state index is 13.4. The van der Waals surface area contributed by atoms with Crippen LogP contribution in [-0.4, -0.2) is 27.0 Å². The van der Waals surface area contributed by atoms with Gasteiger partial charge in [-0.25, -0.2) is 0 Å². The number of aryl methyl sites for hydroxylation is 1. The number of halogens is 1. The van der Waals surface area contributed by atoms with Gasteiger partial charge in [0, 0.05) is 16.3 Å². The molecule has 0 saturated carbocycles. The fourth-order valence-corrected chi connectivity index (χ4v) is 6.85. The van der Waals surface area contributed by atoms with Gasteiger partial charge in [0.15, 0.2) is 4.34 Å². The molecule has 216 valence electrons. The smallest absolute Gasteiger partial charge is 0.302 e. The summed E-state index contributed by atoms with van der Waals surface area (Å²) in [5, 5.41) is 20.7. The molecule has 6 rings (SSSR count). The van der Waals surface area contributed by atoms with Crippen LogP contribution in [0.3, 0.4) is 0 Å². The average molecular weight is 630 g/mol. The van der Waals surface area contributed by atoms with Crippen molar-refractivity contribution in [3.8, 4) is 5.75 Å². The quantitative estimate of drug-likeness (QED) is 0.0584. The van der Waals surface area contributed by atoms with Gasteiger partial charge < -0.3 is 14.3 Å². The van der Waals surface area contributed by atoms with E-state index in [0.29, 0.717) is 38.8 Å². The van der Waals surface area contributed by atoms with E-state index in [9.17, 15) is 14.7 Å². The fourth-order valence-electron chi connectivity index (χ4n) is 4.69. The minimum absolute atomic E-state index is 0.103. The zero-order valence-corrected chi connectivity index (χ0v) is 25.2. The topological polar surface area (TPSA) is 106 Å². The highest BCUT2D eigenvalue weighted by Crippen LogP contribution is 2.44. The first-order chi connectivity index (χ1) is 20.9. The summed E-state index contributed by atoms with van der Waals surface area (Å²) in [5.74, 6) is -0.556. The molecule has 11 heteroatoms. The second-order valence-corrected chi connectivity index (χ2v) is 12.3. The number of thioether (sulfide) groups is 1. The molecule has 1 fully saturated rings. The molecule has 3 aromatic carbocycles. The largest absolute Gasteiger partial charge is 0.507 e. The third-order valence-corrected chi connectivity index (χ3v) is 9.26. The van der Waals surface area contributed by atoms with E-state index in [2.05, 4.69) is 10.2 Å². The minimum Gasteiger partial charge on any atom is -0.507 e. The zero-order chi connectivity index (χ0) is 29.9. The molecule has 5 aromatic rings. The van der Waals surface area contributed by atoms with Crippen LogP contribution < -0.4 is 9.64 Å². The first-order valence-electron chi connectivity index (χ1n) is 13.2. The summed E-state index contributed by atoms with van der Waals surface area (Å²) in [6.45, 7) is 2.41. The lowest BCUT2D eigenvalue weighted by Gasteiger charge is -2.20. The third kappa shape index (κ3) is 6.08. The number of furan rings is 1. The first-order valence-corrected chi connectivity index (χ1v) is 15.4. The number of carbonyl (C=O) groups is 2. The third-order valence-electron chi connectivity index (χ3n) is 6.78. The maximum Gasteiger partial charge on any atom is 0.302 e. The fraction of sp³-hybridized carbons (Fsp3) is 0.125. The van der Waals surface area contributed by atoms with Gasteiger partial charge in [0.05, 0.1) is 11.8 Å².